The van der Waals surface area contributed by atoms with Crippen LogP contribution < -0.4 is 16.2 Å². The van der Waals surface area contributed by atoms with Crippen LogP contribution in [0.1, 0.15) is 28.5 Å². The summed E-state index contributed by atoms with van der Waals surface area (Å²) in [4.78, 5) is 43.1. The molecule has 188 valence electrons. The van der Waals surface area contributed by atoms with Gasteiger partial charge in [-0.3, -0.25) is 19.4 Å². The lowest BCUT2D eigenvalue weighted by atomic mass is 10.0. The minimum atomic E-state index is -0.527. The highest BCUT2D eigenvalue weighted by atomic mass is 19.1. The normalized spacial score (nSPS) is 11.7. The van der Waals surface area contributed by atoms with Crippen molar-refractivity contribution in [3.05, 3.63) is 118 Å². The number of anilines is 1. The van der Waals surface area contributed by atoms with Gasteiger partial charge in [0.05, 0.1) is 24.0 Å². The maximum Gasteiger partial charge on any atom is 0.275 e. The van der Waals surface area contributed by atoms with Crippen LogP contribution in [0.3, 0.4) is 0 Å². The van der Waals surface area contributed by atoms with Gasteiger partial charge in [0.1, 0.15) is 17.3 Å². The third kappa shape index (κ3) is 5.84. The van der Waals surface area contributed by atoms with Gasteiger partial charge in [0, 0.05) is 17.3 Å². The second-order valence-electron chi connectivity index (χ2n) is 8.40. The van der Waals surface area contributed by atoms with Gasteiger partial charge in [-0.2, -0.15) is 0 Å². The Labute approximate surface area is 211 Å². The van der Waals surface area contributed by atoms with E-state index in [1.807, 2.05) is 0 Å². The molecule has 7 nitrogen and oxygen atoms in total. The van der Waals surface area contributed by atoms with E-state index in [4.69, 9.17) is 0 Å². The molecule has 0 spiro atoms. The van der Waals surface area contributed by atoms with Gasteiger partial charge in [-0.15, -0.1) is 0 Å². The van der Waals surface area contributed by atoms with Crippen LogP contribution in [0.5, 0.6) is 0 Å². The first-order valence-corrected chi connectivity index (χ1v) is 11.5. The summed E-state index contributed by atoms with van der Waals surface area (Å²) in [5.74, 6) is -1.57. The van der Waals surface area contributed by atoms with E-state index in [2.05, 4.69) is 15.6 Å². The van der Waals surface area contributed by atoms with E-state index in [1.165, 1.54) is 59.3 Å². The fraction of sp³-hybridized carbons (Fsp3) is 0.143. The molecule has 0 saturated carbocycles. The number of aromatic nitrogens is 2. The summed E-state index contributed by atoms with van der Waals surface area (Å²) >= 11 is 0. The summed E-state index contributed by atoms with van der Waals surface area (Å²) in [6.45, 7) is 1.63. The highest BCUT2D eigenvalue weighted by Gasteiger charge is 2.17. The smallest absolute Gasteiger partial charge is 0.275 e. The Morgan fingerprint density at radius 1 is 0.919 bits per heavy atom. The number of nitrogens with zero attached hydrogens (tertiary/aromatic N) is 2. The van der Waals surface area contributed by atoms with Crippen molar-refractivity contribution in [3.8, 4) is 11.3 Å². The van der Waals surface area contributed by atoms with Crippen molar-refractivity contribution in [3.63, 3.8) is 0 Å². The van der Waals surface area contributed by atoms with Crippen LogP contribution in [0.25, 0.3) is 11.3 Å². The molecule has 0 aliphatic carbocycles. The quantitative estimate of drug-likeness (QED) is 0.355. The summed E-state index contributed by atoms with van der Waals surface area (Å²) in [7, 11) is 1.63. The van der Waals surface area contributed by atoms with Crippen molar-refractivity contribution in [1.29, 1.82) is 0 Å². The maximum atomic E-state index is 13.5. The second kappa shape index (κ2) is 11.0. The molecular formula is C28H24F2N4O3. The van der Waals surface area contributed by atoms with E-state index in [-0.39, 0.29) is 23.9 Å². The van der Waals surface area contributed by atoms with Crippen molar-refractivity contribution < 1.29 is 18.4 Å². The highest BCUT2D eigenvalue weighted by molar-refractivity contribution is 6.08. The van der Waals surface area contributed by atoms with Crippen LogP contribution in [0.15, 0.2) is 83.8 Å². The predicted molar refractivity (Wildman–Crippen MR) is 136 cm³/mol. The standard InChI is InChI=1S/C28H24F2N4O3/c1-17(31-2)27(36)33-24-11-12-25(18-3-7-21(29)8-4-18)34(28(24)37)16-23-15-20(13-14-32-23)26(35)19-5-9-22(30)10-6-19/h3-15,17,31H,16H2,1-2H3,(H,33,36). The summed E-state index contributed by atoms with van der Waals surface area (Å²) in [5, 5.41) is 5.45. The Bertz CT molecular complexity index is 1500. The summed E-state index contributed by atoms with van der Waals surface area (Å²) < 4.78 is 28.2. The molecule has 0 radical (unpaired) electrons. The molecule has 37 heavy (non-hydrogen) atoms. The average Bonchev–Trinajstić information content (AvgIpc) is 2.91. The van der Waals surface area contributed by atoms with Crippen LogP contribution in [0, 0.1) is 11.6 Å². The molecule has 4 rings (SSSR count). The number of halogens is 2. The predicted octanol–water partition coefficient (Wildman–Crippen LogP) is 4.01. The molecule has 0 aliphatic heterocycles. The Morgan fingerprint density at radius 3 is 2.22 bits per heavy atom. The topological polar surface area (TPSA) is 93.1 Å². The number of nitrogens with one attached hydrogen (secondary N) is 2. The molecule has 2 aromatic heterocycles. The SMILES string of the molecule is CNC(C)C(=O)Nc1ccc(-c2ccc(F)cc2)n(Cc2cc(C(=O)c3ccc(F)cc3)ccn2)c1=O. The number of carbonyl (C=O) groups excluding carboxylic acids is 2. The lowest BCUT2D eigenvalue weighted by Crippen LogP contribution is -2.37. The van der Waals surface area contributed by atoms with Gasteiger partial charge >= 0.3 is 0 Å². The Morgan fingerprint density at radius 2 is 1.57 bits per heavy atom. The number of likely N-dealkylation sites (N-methyl/N-ethyl adjacent to an activating group) is 1. The lowest BCUT2D eigenvalue weighted by Gasteiger charge is -2.17. The monoisotopic (exact) mass is 502 g/mol. The zero-order chi connectivity index (χ0) is 26.5. The number of ketones is 1. The molecule has 2 heterocycles. The summed E-state index contributed by atoms with van der Waals surface area (Å²) in [6, 6.07) is 16.6. The van der Waals surface area contributed by atoms with E-state index in [9.17, 15) is 23.2 Å². The molecule has 1 atom stereocenters. The Kier molecular flexibility index (Phi) is 7.64. The van der Waals surface area contributed by atoms with Crippen molar-refractivity contribution in [1.82, 2.24) is 14.9 Å². The second-order valence-corrected chi connectivity index (χ2v) is 8.40. The minimum Gasteiger partial charge on any atom is -0.320 e. The van der Waals surface area contributed by atoms with Crippen LogP contribution in [0.4, 0.5) is 14.5 Å². The number of benzene rings is 2. The number of pyridine rings is 2. The molecule has 2 aromatic carbocycles. The van der Waals surface area contributed by atoms with E-state index in [1.54, 1.807) is 38.2 Å². The van der Waals surface area contributed by atoms with Crippen LogP contribution in [-0.4, -0.2) is 34.3 Å². The number of hydrogen-bond donors (Lipinski definition) is 2. The molecule has 1 unspecified atom stereocenters. The number of amides is 1. The van der Waals surface area contributed by atoms with Crippen molar-refractivity contribution in [2.45, 2.75) is 19.5 Å². The van der Waals surface area contributed by atoms with Crippen molar-refractivity contribution in [2.24, 2.45) is 0 Å². The van der Waals surface area contributed by atoms with E-state index in [0.29, 0.717) is 28.1 Å². The number of hydrogen-bond acceptors (Lipinski definition) is 5. The fourth-order valence-electron chi connectivity index (χ4n) is 3.71. The van der Waals surface area contributed by atoms with Gasteiger partial charge in [0.2, 0.25) is 5.91 Å². The average molecular weight is 503 g/mol. The molecule has 0 fully saturated rings. The molecular weight excluding hydrogens is 478 g/mol. The van der Waals surface area contributed by atoms with Crippen LogP contribution in [-0.2, 0) is 11.3 Å². The summed E-state index contributed by atoms with van der Waals surface area (Å²) in [6.07, 6.45) is 1.45. The fourth-order valence-corrected chi connectivity index (χ4v) is 3.71. The molecule has 0 saturated heterocycles. The summed E-state index contributed by atoms with van der Waals surface area (Å²) in [5.41, 5.74) is 1.67. The maximum absolute atomic E-state index is 13.5. The highest BCUT2D eigenvalue weighted by Crippen LogP contribution is 2.21. The molecule has 2 N–H and O–H groups in total. The molecule has 1 amide bonds. The van der Waals surface area contributed by atoms with Gasteiger partial charge in [-0.1, -0.05) is 0 Å². The molecule has 0 aliphatic rings. The zero-order valence-electron chi connectivity index (χ0n) is 20.2. The number of carbonyl (C=O) groups is 2. The van der Waals surface area contributed by atoms with E-state index < -0.39 is 23.2 Å². The molecule has 0 bridgehead atoms. The van der Waals surface area contributed by atoms with Crippen LogP contribution in [0.2, 0.25) is 0 Å². The molecule has 4 aromatic rings. The number of rotatable bonds is 8. The van der Waals surface area contributed by atoms with Gasteiger partial charge in [-0.05, 0) is 92.3 Å². The van der Waals surface area contributed by atoms with E-state index >= 15 is 0 Å². The van der Waals surface area contributed by atoms with Crippen LogP contribution >= 0.6 is 0 Å². The van der Waals surface area contributed by atoms with Gasteiger partial charge < -0.3 is 15.2 Å². The van der Waals surface area contributed by atoms with Crippen molar-refractivity contribution in [2.75, 3.05) is 12.4 Å². The van der Waals surface area contributed by atoms with Gasteiger partial charge in [0.15, 0.2) is 5.78 Å². The Hall–Kier alpha value is -4.50. The largest absolute Gasteiger partial charge is 0.320 e. The minimum absolute atomic E-state index is 0.0264. The van der Waals surface area contributed by atoms with Crippen molar-refractivity contribution >= 4 is 17.4 Å². The first-order valence-electron chi connectivity index (χ1n) is 11.5. The Balaban J connectivity index is 1.74. The molecule has 9 heteroatoms. The lowest BCUT2D eigenvalue weighted by molar-refractivity contribution is -0.117. The van der Waals surface area contributed by atoms with E-state index in [0.717, 1.165) is 0 Å². The third-order valence-corrected chi connectivity index (χ3v) is 5.90. The first-order chi connectivity index (χ1) is 17.8. The van der Waals surface area contributed by atoms with Gasteiger partial charge in [0.25, 0.3) is 5.56 Å². The first kappa shape index (κ1) is 25.6. The third-order valence-electron chi connectivity index (χ3n) is 5.90. The zero-order valence-corrected chi connectivity index (χ0v) is 20.2. The van der Waals surface area contributed by atoms with Gasteiger partial charge in [-0.25, -0.2) is 8.78 Å².